The van der Waals surface area contributed by atoms with Crippen LogP contribution in [0.1, 0.15) is 11.1 Å². The van der Waals surface area contributed by atoms with E-state index in [1.807, 2.05) is 25.1 Å². The Morgan fingerprint density at radius 3 is 2.59 bits per heavy atom. The summed E-state index contributed by atoms with van der Waals surface area (Å²) in [5.41, 5.74) is 1.61. The molecule has 0 fully saturated rings. The summed E-state index contributed by atoms with van der Waals surface area (Å²) in [7, 11) is 3.95. The predicted octanol–water partition coefficient (Wildman–Crippen LogP) is 3.61. The van der Waals surface area contributed by atoms with E-state index >= 15 is 0 Å². The van der Waals surface area contributed by atoms with Crippen LogP contribution in [0.15, 0.2) is 36.5 Å². The fourth-order valence-electron chi connectivity index (χ4n) is 2.77. The molecule has 3 rings (SSSR count). The van der Waals surface area contributed by atoms with Crippen LogP contribution in [-0.2, 0) is 12.7 Å². The van der Waals surface area contributed by atoms with Gasteiger partial charge in [-0.1, -0.05) is 12.1 Å². The smallest absolute Gasteiger partial charge is 0.346 e. The molecule has 22 heavy (non-hydrogen) atoms. The SMILES string of the molecule is CN1Cc2cc(-c3cccc(C(F)(F)F)c3)cnc2N(C)C1. The van der Waals surface area contributed by atoms with Crippen molar-refractivity contribution in [3.8, 4) is 11.1 Å². The monoisotopic (exact) mass is 307 g/mol. The van der Waals surface area contributed by atoms with Gasteiger partial charge in [-0.15, -0.1) is 0 Å². The van der Waals surface area contributed by atoms with Crippen LogP contribution in [0, 0.1) is 0 Å². The molecule has 2 aromatic rings. The van der Waals surface area contributed by atoms with Crippen LogP contribution in [0.3, 0.4) is 0 Å². The molecular weight excluding hydrogens is 291 g/mol. The van der Waals surface area contributed by atoms with Crippen LogP contribution < -0.4 is 4.90 Å². The highest BCUT2D eigenvalue weighted by Crippen LogP contribution is 2.33. The highest BCUT2D eigenvalue weighted by atomic mass is 19.4. The van der Waals surface area contributed by atoms with Gasteiger partial charge in [0.25, 0.3) is 0 Å². The number of benzene rings is 1. The highest BCUT2D eigenvalue weighted by Gasteiger charge is 2.30. The number of pyridine rings is 1. The number of nitrogens with zero attached hydrogens (tertiary/aromatic N) is 3. The Morgan fingerprint density at radius 1 is 1.09 bits per heavy atom. The fraction of sp³-hybridized carbons (Fsp3) is 0.312. The van der Waals surface area contributed by atoms with E-state index < -0.39 is 11.7 Å². The lowest BCUT2D eigenvalue weighted by Crippen LogP contribution is -2.38. The van der Waals surface area contributed by atoms with Gasteiger partial charge in [0, 0.05) is 30.9 Å². The van der Waals surface area contributed by atoms with Crippen LogP contribution in [-0.4, -0.2) is 30.6 Å². The van der Waals surface area contributed by atoms with E-state index in [1.165, 1.54) is 12.1 Å². The summed E-state index contributed by atoms with van der Waals surface area (Å²) >= 11 is 0. The van der Waals surface area contributed by atoms with Crippen molar-refractivity contribution in [2.75, 3.05) is 25.7 Å². The van der Waals surface area contributed by atoms with Crippen molar-refractivity contribution in [3.05, 3.63) is 47.7 Å². The molecule has 0 atom stereocenters. The van der Waals surface area contributed by atoms with E-state index in [0.29, 0.717) is 11.1 Å². The molecule has 2 heterocycles. The third kappa shape index (κ3) is 2.78. The van der Waals surface area contributed by atoms with Crippen molar-refractivity contribution in [2.24, 2.45) is 0 Å². The quantitative estimate of drug-likeness (QED) is 0.802. The molecule has 0 aliphatic carbocycles. The van der Waals surface area contributed by atoms with Crippen molar-refractivity contribution >= 4 is 5.82 Å². The van der Waals surface area contributed by atoms with Gasteiger partial charge in [0.05, 0.1) is 12.2 Å². The minimum Gasteiger partial charge on any atom is -0.346 e. The number of fused-ring (bicyclic) bond motifs is 1. The minimum absolute atomic E-state index is 0.529. The van der Waals surface area contributed by atoms with Crippen LogP contribution in [0.25, 0.3) is 11.1 Å². The number of alkyl halides is 3. The zero-order valence-corrected chi connectivity index (χ0v) is 12.4. The van der Waals surface area contributed by atoms with Crippen LogP contribution in [0.5, 0.6) is 0 Å². The van der Waals surface area contributed by atoms with Gasteiger partial charge < -0.3 is 4.90 Å². The summed E-state index contributed by atoms with van der Waals surface area (Å²) in [4.78, 5) is 8.57. The van der Waals surface area contributed by atoms with Gasteiger partial charge in [-0.25, -0.2) is 4.98 Å². The Kier molecular flexibility index (Phi) is 3.56. The Bertz CT molecular complexity index is 697. The van der Waals surface area contributed by atoms with Gasteiger partial charge in [0.1, 0.15) is 5.82 Å². The summed E-state index contributed by atoms with van der Waals surface area (Å²) in [6, 6.07) is 7.27. The molecule has 0 N–H and O–H groups in total. The maximum atomic E-state index is 12.8. The molecule has 0 bridgehead atoms. The second-order valence-corrected chi connectivity index (χ2v) is 5.64. The number of hydrogen-bond acceptors (Lipinski definition) is 3. The Balaban J connectivity index is 2.02. The van der Waals surface area contributed by atoms with Crippen molar-refractivity contribution in [1.82, 2.24) is 9.88 Å². The molecule has 0 unspecified atom stereocenters. The van der Waals surface area contributed by atoms with E-state index in [9.17, 15) is 13.2 Å². The summed E-state index contributed by atoms with van der Waals surface area (Å²) < 4.78 is 38.5. The lowest BCUT2D eigenvalue weighted by molar-refractivity contribution is -0.137. The fourth-order valence-corrected chi connectivity index (χ4v) is 2.77. The third-order valence-corrected chi connectivity index (χ3v) is 3.72. The molecule has 3 nitrogen and oxygen atoms in total. The first-order valence-corrected chi connectivity index (χ1v) is 6.91. The van der Waals surface area contributed by atoms with Gasteiger partial charge in [-0.3, -0.25) is 4.90 Å². The maximum absolute atomic E-state index is 12.8. The Morgan fingerprint density at radius 2 is 1.86 bits per heavy atom. The number of hydrogen-bond donors (Lipinski definition) is 0. The molecule has 0 saturated heterocycles. The zero-order valence-electron chi connectivity index (χ0n) is 12.4. The van der Waals surface area contributed by atoms with Crippen molar-refractivity contribution in [2.45, 2.75) is 12.7 Å². The topological polar surface area (TPSA) is 19.4 Å². The standard InChI is InChI=1S/C16H16F3N3/c1-21-9-13-6-12(8-20-15(13)22(2)10-21)11-4-3-5-14(7-11)16(17,18)19/h3-8H,9-10H2,1-2H3. The van der Waals surface area contributed by atoms with E-state index in [1.54, 1.807) is 12.3 Å². The van der Waals surface area contributed by atoms with E-state index in [4.69, 9.17) is 0 Å². The summed E-state index contributed by atoms with van der Waals surface area (Å²) in [5, 5.41) is 0. The van der Waals surface area contributed by atoms with E-state index in [2.05, 4.69) is 9.88 Å². The first kappa shape index (κ1) is 14.8. The van der Waals surface area contributed by atoms with Crippen LogP contribution >= 0.6 is 0 Å². The first-order valence-electron chi connectivity index (χ1n) is 6.91. The third-order valence-electron chi connectivity index (χ3n) is 3.72. The molecule has 0 radical (unpaired) electrons. The molecule has 116 valence electrons. The van der Waals surface area contributed by atoms with Crippen LogP contribution in [0.4, 0.5) is 19.0 Å². The number of rotatable bonds is 1. The van der Waals surface area contributed by atoms with Crippen molar-refractivity contribution < 1.29 is 13.2 Å². The molecule has 0 amide bonds. The first-order chi connectivity index (χ1) is 10.3. The molecule has 1 aliphatic heterocycles. The second kappa shape index (κ2) is 5.28. The molecular formula is C16H16F3N3. The average molecular weight is 307 g/mol. The average Bonchev–Trinajstić information content (AvgIpc) is 2.45. The van der Waals surface area contributed by atoms with Gasteiger partial charge in [0.15, 0.2) is 0 Å². The number of halogens is 3. The molecule has 6 heteroatoms. The summed E-state index contributed by atoms with van der Waals surface area (Å²) in [6.45, 7) is 1.52. The normalized spacial score (nSPS) is 15.8. The van der Waals surface area contributed by atoms with Gasteiger partial charge in [-0.05, 0) is 30.8 Å². The van der Waals surface area contributed by atoms with E-state index in [0.717, 1.165) is 30.7 Å². The lowest BCUT2D eigenvalue weighted by Gasteiger charge is -2.33. The predicted molar refractivity (Wildman–Crippen MR) is 79.4 cm³/mol. The molecule has 1 aromatic carbocycles. The van der Waals surface area contributed by atoms with Crippen molar-refractivity contribution in [1.29, 1.82) is 0 Å². The summed E-state index contributed by atoms with van der Waals surface area (Å²) in [6.07, 6.45) is -2.70. The summed E-state index contributed by atoms with van der Waals surface area (Å²) in [5.74, 6) is 0.883. The molecule has 1 aliphatic rings. The lowest BCUT2D eigenvalue weighted by atomic mass is 10.0. The Labute approximate surface area is 127 Å². The minimum atomic E-state index is -4.34. The maximum Gasteiger partial charge on any atom is 0.416 e. The van der Waals surface area contributed by atoms with E-state index in [-0.39, 0.29) is 0 Å². The van der Waals surface area contributed by atoms with Gasteiger partial charge >= 0.3 is 6.18 Å². The number of aromatic nitrogens is 1. The Hall–Kier alpha value is -2.08. The van der Waals surface area contributed by atoms with Crippen molar-refractivity contribution in [3.63, 3.8) is 0 Å². The molecule has 0 spiro atoms. The second-order valence-electron chi connectivity index (χ2n) is 5.64. The molecule has 0 saturated carbocycles. The highest BCUT2D eigenvalue weighted by molar-refractivity contribution is 5.67. The molecule has 1 aromatic heterocycles. The van der Waals surface area contributed by atoms with Gasteiger partial charge in [0.2, 0.25) is 0 Å². The zero-order chi connectivity index (χ0) is 15.9. The largest absolute Gasteiger partial charge is 0.416 e. The van der Waals surface area contributed by atoms with Crippen LogP contribution in [0.2, 0.25) is 0 Å². The number of anilines is 1. The van der Waals surface area contributed by atoms with Gasteiger partial charge in [-0.2, -0.15) is 13.2 Å².